The van der Waals surface area contributed by atoms with Crippen LogP contribution in [0.25, 0.3) is 10.9 Å². The molecule has 9 heteroatoms. The summed E-state index contributed by atoms with van der Waals surface area (Å²) in [5.74, 6) is 1.66. The third-order valence-electron chi connectivity index (χ3n) is 6.99. The zero-order valence-electron chi connectivity index (χ0n) is 20.1. The van der Waals surface area contributed by atoms with Crippen LogP contribution < -0.4 is 15.4 Å². The van der Waals surface area contributed by atoms with Crippen LogP contribution in [0.2, 0.25) is 0 Å². The van der Waals surface area contributed by atoms with Gasteiger partial charge < -0.3 is 15.0 Å². The van der Waals surface area contributed by atoms with Crippen molar-refractivity contribution < 1.29 is 14.3 Å². The van der Waals surface area contributed by atoms with Gasteiger partial charge in [-0.3, -0.25) is 14.8 Å². The molecule has 1 aliphatic heterocycles. The number of piperazine rings is 1. The number of anilines is 1. The van der Waals surface area contributed by atoms with Crippen LogP contribution in [0.5, 0.6) is 11.5 Å². The maximum atomic E-state index is 12.8. The highest BCUT2D eigenvalue weighted by Gasteiger charge is 2.27. The average Bonchev–Trinajstić information content (AvgIpc) is 3.32. The molecular formula is C26H32N6O3. The largest absolute Gasteiger partial charge is 0.457 e. The first-order valence-corrected chi connectivity index (χ1v) is 12.4. The van der Waals surface area contributed by atoms with E-state index in [4.69, 9.17) is 4.74 Å². The fourth-order valence-electron chi connectivity index (χ4n) is 5.09. The summed E-state index contributed by atoms with van der Waals surface area (Å²) >= 11 is 0. The topological polar surface area (TPSA) is 91.7 Å². The van der Waals surface area contributed by atoms with Crippen molar-refractivity contribution in [2.45, 2.75) is 38.1 Å². The number of hydrogen-bond donors (Lipinski definition) is 2. The number of urea groups is 1. The zero-order valence-corrected chi connectivity index (χ0v) is 20.1. The van der Waals surface area contributed by atoms with Gasteiger partial charge >= 0.3 is 12.1 Å². The van der Waals surface area contributed by atoms with Gasteiger partial charge in [-0.25, -0.2) is 14.6 Å². The monoisotopic (exact) mass is 476 g/mol. The van der Waals surface area contributed by atoms with Gasteiger partial charge in [-0.05, 0) is 43.2 Å². The molecule has 0 bridgehead atoms. The second kappa shape index (κ2) is 10.4. The summed E-state index contributed by atoms with van der Waals surface area (Å²) in [6, 6.07) is 11.2. The van der Waals surface area contributed by atoms with Gasteiger partial charge in [0.05, 0.1) is 5.52 Å². The zero-order chi connectivity index (χ0) is 24.2. The SMILES string of the molecule is CNC(=O)n1ccc2cc(Oc3ccnc(NC(=O)N4CCN(C5CCCCC5)CC4)c3)ccc21. The number of aromatic nitrogens is 2. The van der Waals surface area contributed by atoms with Gasteiger partial charge in [-0.2, -0.15) is 0 Å². The molecule has 1 aliphatic carbocycles. The lowest BCUT2D eigenvalue weighted by Crippen LogP contribution is -2.53. The molecule has 2 fully saturated rings. The second-order valence-electron chi connectivity index (χ2n) is 9.19. The molecule has 2 aliphatic rings. The molecule has 3 amide bonds. The van der Waals surface area contributed by atoms with Crippen molar-refractivity contribution in [2.24, 2.45) is 0 Å². The molecule has 0 atom stereocenters. The van der Waals surface area contributed by atoms with E-state index in [1.165, 1.54) is 32.1 Å². The summed E-state index contributed by atoms with van der Waals surface area (Å²) in [7, 11) is 1.60. The molecule has 35 heavy (non-hydrogen) atoms. The third kappa shape index (κ3) is 5.24. The van der Waals surface area contributed by atoms with Crippen LogP contribution >= 0.6 is 0 Å². The van der Waals surface area contributed by atoms with E-state index in [0.717, 1.165) is 37.1 Å². The van der Waals surface area contributed by atoms with E-state index in [9.17, 15) is 9.59 Å². The Bertz CT molecular complexity index is 1190. The highest BCUT2D eigenvalue weighted by molar-refractivity contribution is 5.92. The van der Waals surface area contributed by atoms with Crippen molar-refractivity contribution in [1.29, 1.82) is 0 Å². The number of benzene rings is 1. The van der Waals surface area contributed by atoms with Crippen LogP contribution in [0.4, 0.5) is 15.4 Å². The van der Waals surface area contributed by atoms with E-state index >= 15 is 0 Å². The number of hydrogen-bond acceptors (Lipinski definition) is 5. The number of rotatable bonds is 4. The highest BCUT2D eigenvalue weighted by Crippen LogP contribution is 2.28. The lowest BCUT2D eigenvalue weighted by atomic mass is 9.94. The van der Waals surface area contributed by atoms with Crippen LogP contribution in [0.1, 0.15) is 32.1 Å². The van der Waals surface area contributed by atoms with Crippen molar-refractivity contribution in [3.05, 3.63) is 48.8 Å². The number of pyridine rings is 1. The molecule has 3 aromatic rings. The molecule has 0 unspecified atom stereocenters. The third-order valence-corrected chi connectivity index (χ3v) is 6.99. The normalized spacial score (nSPS) is 17.3. The van der Waals surface area contributed by atoms with Crippen LogP contribution in [-0.2, 0) is 0 Å². The summed E-state index contributed by atoms with van der Waals surface area (Å²) in [4.78, 5) is 33.5. The number of nitrogens with zero attached hydrogens (tertiary/aromatic N) is 4. The summed E-state index contributed by atoms with van der Waals surface area (Å²) in [5.41, 5.74) is 0.794. The molecule has 0 spiro atoms. The minimum absolute atomic E-state index is 0.130. The van der Waals surface area contributed by atoms with E-state index < -0.39 is 0 Å². The van der Waals surface area contributed by atoms with Crippen LogP contribution in [-0.4, -0.2) is 70.7 Å². The standard InChI is InChI=1S/C26H32N6O3/c1-27-25(33)32-12-10-19-17-21(7-8-23(19)32)35-22-9-11-28-24(18-22)29-26(34)31-15-13-30(14-16-31)20-5-3-2-4-6-20/h7-12,17-18,20H,2-6,13-16H2,1H3,(H,27,33)(H,28,29,34). The molecule has 1 aromatic carbocycles. The highest BCUT2D eigenvalue weighted by atomic mass is 16.5. The Hall–Kier alpha value is -3.59. The molecule has 1 saturated carbocycles. The smallest absolute Gasteiger partial charge is 0.325 e. The maximum Gasteiger partial charge on any atom is 0.325 e. The molecular weight excluding hydrogens is 444 g/mol. The second-order valence-corrected chi connectivity index (χ2v) is 9.19. The number of carbonyl (C=O) groups is 2. The van der Waals surface area contributed by atoms with Crippen molar-refractivity contribution >= 4 is 28.8 Å². The summed E-state index contributed by atoms with van der Waals surface area (Å²) in [6.07, 6.45) is 9.92. The van der Waals surface area contributed by atoms with Gasteiger partial charge in [0.15, 0.2) is 0 Å². The van der Waals surface area contributed by atoms with Crippen molar-refractivity contribution in [2.75, 3.05) is 38.5 Å². The Kier molecular flexibility index (Phi) is 6.85. The van der Waals surface area contributed by atoms with Crippen molar-refractivity contribution in [3.8, 4) is 11.5 Å². The number of carbonyl (C=O) groups excluding carboxylic acids is 2. The Labute approximate surface area is 205 Å². The molecule has 184 valence electrons. The summed E-state index contributed by atoms with van der Waals surface area (Å²) in [6.45, 7) is 3.32. The van der Waals surface area contributed by atoms with Gasteiger partial charge in [-0.1, -0.05) is 19.3 Å². The molecule has 9 nitrogen and oxygen atoms in total. The fourth-order valence-corrected chi connectivity index (χ4v) is 5.09. The summed E-state index contributed by atoms with van der Waals surface area (Å²) in [5, 5.41) is 6.43. The van der Waals surface area contributed by atoms with E-state index in [1.807, 2.05) is 29.2 Å². The first-order valence-electron chi connectivity index (χ1n) is 12.4. The first kappa shape index (κ1) is 23.2. The predicted molar refractivity (Wildman–Crippen MR) is 135 cm³/mol. The molecule has 1 saturated heterocycles. The maximum absolute atomic E-state index is 12.8. The lowest BCUT2D eigenvalue weighted by molar-refractivity contribution is 0.0943. The molecule has 0 radical (unpaired) electrons. The van der Waals surface area contributed by atoms with Crippen LogP contribution in [0.15, 0.2) is 48.8 Å². The minimum atomic E-state index is -0.196. The van der Waals surface area contributed by atoms with Gasteiger partial charge in [0.2, 0.25) is 0 Å². The number of nitrogens with one attached hydrogen (secondary N) is 2. The predicted octanol–water partition coefficient (Wildman–Crippen LogP) is 4.50. The Morgan fingerprint density at radius 2 is 1.71 bits per heavy atom. The van der Waals surface area contributed by atoms with Crippen LogP contribution in [0, 0.1) is 0 Å². The van der Waals surface area contributed by atoms with Gasteiger partial charge in [0.1, 0.15) is 17.3 Å². The van der Waals surface area contributed by atoms with Crippen molar-refractivity contribution in [3.63, 3.8) is 0 Å². The Balaban J connectivity index is 1.18. The van der Waals surface area contributed by atoms with Crippen molar-refractivity contribution in [1.82, 2.24) is 24.7 Å². The Morgan fingerprint density at radius 3 is 2.49 bits per heavy atom. The number of fused-ring (bicyclic) bond motifs is 1. The van der Waals surface area contributed by atoms with Gasteiger partial charge in [0.25, 0.3) is 0 Å². The molecule has 3 heterocycles. The lowest BCUT2D eigenvalue weighted by Gasteiger charge is -2.40. The minimum Gasteiger partial charge on any atom is -0.457 e. The Morgan fingerprint density at radius 1 is 0.943 bits per heavy atom. The number of amides is 3. The molecule has 2 N–H and O–H groups in total. The average molecular weight is 477 g/mol. The molecule has 2 aromatic heterocycles. The van der Waals surface area contributed by atoms with Gasteiger partial charge in [-0.15, -0.1) is 0 Å². The number of ether oxygens (including phenoxy) is 1. The fraction of sp³-hybridized carbons (Fsp3) is 0.423. The van der Waals surface area contributed by atoms with E-state index in [1.54, 1.807) is 36.1 Å². The van der Waals surface area contributed by atoms with E-state index in [2.05, 4.69) is 20.5 Å². The van der Waals surface area contributed by atoms with Gasteiger partial charge in [0, 0.05) is 63.1 Å². The van der Waals surface area contributed by atoms with E-state index in [0.29, 0.717) is 23.4 Å². The van der Waals surface area contributed by atoms with Crippen LogP contribution in [0.3, 0.4) is 0 Å². The van der Waals surface area contributed by atoms with E-state index in [-0.39, 0.29) is 12.1 Å². The summed E-state index contributed by atoms with van der Waals surface area (Å²) < 4.78 is 7.56. The first-order chi connectivity index (χ1) is 17.1. The molecule has 5 rings (SSSR count). The quantitative estimate of drug-likeness (QED) is 0.579.